The predicted molar refractivity (Wildman–Crippen MR) is 85.1 cm³/mol. The maximum atomic E-state index is 12.0. The summed E-state index contributed by atoms with van der Waals surface area (Å²) in [6.07, 6.45) is 5.14. The van der Waals surface area contributed by atoms with Crippen LogP contribution in [0.3, 0.4) is 0 Å². The molecule has 0 heterocycles. The molecule has 3 nitrogen and oxygen atoms in total. The lowest BCUT2D eigenvalue weighted by atomic mass is 10.2. The smallest absolute Gasteiger partial charge is 0.262 e. The van der Waals surface area contributed by atoms with Gasteiger partial charge < -0.3 is 0 Å². The van der Waals surface area contributed by atoms with Gasteiger partial charge in [0.25, 0.3) is 10.1 Å². The van der Waals surface area contributed by atoms with E-state index in [0.29, 0.717) is 0 Å². The molecule has 0 N–H and O–H groups in total. The number of hydrogen-bond acceptors (Lipinski definition) is 3. The van der Waals surface area contributed by atoms with Crippen molar-refractivity contribution >= 4 is 22.3 Å². The third-order valence-electron chi connectivity index (χ3n) is 2.83. The standard InChI is InChI=1S/C17H16O3S/c1-2-15-10-12-17(13-11-15)21(18,19)20-14-6-9-16-7-4-3-5-8-16/h2-13H,1,14H2. The monoisotopic (exact) mass is 300 g/mol. The van der Waals surface area contributed by atoms with Crippen molar-refractivity contribution in [3.8, 4) is 0 Å². The number of hydrogen-bond donors (Lipinski definition) is 0. The van der Waals surface area contributed by atoms with Crippen molar-refractivity contribution in [3.05, 3.63) is 78.4 Å². The fourth-order valence-electron chi connectivity index (χ4n) is 1.72. The third kappa shape index (κ3) is 4.41. The van der Waals surface area contributed by atoms with Gasteiger partial charge in [0, 0.05) is 0 Å². The molecule has 0 spiro atoms. The van der Waals surface area contributed by atoms with E-state index >= 15 is 0 Å². The first-order valence-electron chi connectivity index (χ1n) is 6.45. The molecule has 0 atom stereocenters. The number of benzene rings is 2. The van der Waals surface area contributed by atoms with Crippen LogP contribution in [-0.4, -0.2) is 15.0 Å². The molecule has 0 aliphatic carbocycles. The summed E-state index contributed by atoms with van der Waals surface area (Å²) in [5.74, 6) is 0. The first-order valence-corrected chi connectivity index (χ1v) is 7.86. The van der Waals surface area contributed by atoms with E-state index < -0.39 is 10.1 Å². The molecule has 108 valence electrons. The van der Waals surface area contributed by atoms with Crippen LogP contribution in [0.25, 0.3) is 12.2 Å². The minimum absolute atomic E-state index is 0.000434. The van der Waals surface area contributed by atoms with E-state index in [1.165, 1.54) is 12.1 Å². The van der Waals surface area contributed by atoms with Gasteiger partial charge in [-0.05, 0) is 23.3 Å². The minimum atomic E-state index is -3.73. The highest BCUT2D eigenvalue weighted by Crippen LogP contribution is 2.14. The van der Waals surface area contributed by atoms with Crippen LogP contribution < -0.4 is 0 Å². The highest BCUT2D eigenvalue weighted by molar-refractivity contribution is 7.86. The van der Waals surface area contributed by atoms with Gasteiger partial charge in [0.2, 0.25) is 0 Å². The highest BCUT2D eigenvalue weighted by Gasteiger charge is 2.13. The van der Waals surface area contributed by atoms with Gasteiger partial charge in [-0.3, -0.25) is 4.18 Å². The predicted octanol–water partition coefficient (Wildman–Crippen LogP) is 3.75. The van der Waals surface area contributed by atoms with Gasteiger partial charge in [-0.2, -0.15) is 8.42 Å². The Hall–Kier alpha value is -2.17. The Kier molecular flexibility index (Phi) is 5.09. The van der Waals surface area contributed by atoms with Gasteiger partial charge in [0.1, 0.15) is 0 Å². The molecule has 0 fully saturated rings. The van der Waals surface area contributed by atoms with Crippen LogP contribution in [0.1, 0.15) is 11.1 Å². The molecule has 0 aliphatic heterocycles. The molecule has 0 amide bonds. The Morgan fingerprint density at radius 3 is 2.24 bits per heavy atom. The van der Waals surface area contributed by atoms with E-state index in [-0.39, 0.29) is 11.5 Å². The zero-order chi connectivity index (χ0) is 15.1. The van der Waals surface area contributed by atoms with Gasteiger partial charge in [-0.25, -0.2) is 0 Å². The molecule has 0 radical (unpaired) electrons. The fraction of sp³-hybridized carbons (Fsp3) is 0.0588. The summed E-state index contributed by atoms with van der Waals surface area (Å²) < 4.78 is 28.9. The molecule has 0 bridgehead atoms. The first-order chi connectivity index (χ1) is 10.1. The molecule has 0 unspecified atom stereocenters. The lowest BCUT2D eigenvalue weighted by molar-refractivity contribution is 0.357. The fourth-order valence-corrected chi connectivity index (χ4v) is 2.58. The first kappa shape index (κ1) is 15.2. The van der Waals surface area contributed by atoms with Gasteiger partial charge in [0.05, 0.1) is 11.5 Å². The maximum absolute atomic E-state index is 12.0. The molecule has 2 rings (SSSR count). The Balaban J connectivity index is 1.98. The summed E-state index contributed by atoms with van der Waals surface area (Å²) in [7, 11) is -3.73. The van der Waals surface area contributed by atoms with Crippen molar-refractivity contribution in [1.82, 2.24) is 0 Å². The topological polar surface area (TPSA) is 43.4 Å². The lowest BCUT2D eigenvalue weighted by Gasteiger charge is -2.03. The van der Waals surface area contributed by atoms with Gasteiger partial charge in [0.15, 0.2) is 0 Å². The van der Waals surface area contributed by atoms with E-state index in [4.69, 9.17) is 4.18 Å². The normalized spacial score (nSPS) is 11.6. The van der Waals surface area contributed by atoms with Crippen molar-refractivity contribution in [2.24, 2.45) is 0 Å². The molecular weight excluding hydrogens is 284 g/mol. The molecule has 21 heavy (non-hydrogen) atoms. The Morgan fingerprint density at radius 1 is 0.952 bits per heavy atom. The average Bonchev–Trinajstić information content (AvgIpc) is 2.53. The van der Waals surface area contributed by atoms with Crippen LogP contribution in [-0.2, 0) is 14.3 Å². The van der Waals surface area contributed by atoms with Crippen molar-refractivity contribution < 1.29 is 12.6 Å². The second kappa shape index (κ2) is 7.02. The Labute approximate surface area is 125 Å². The van der Waals surface area contributed by atoms with Crippen molar-refractivity contribution in [3.63, 3.8) is 0 Å². The summed E-state index contributed by atoms with van der Waals surface area (Å²) >= 11 is 0. The van der Waals surface area contributed by atoms with Gasteiger partial charge in [-0.1, -0.05) is 67.3 Å². The minimum Gasteiger partial charge on any atom is -0.262 e. The Morgan fingerprint density at radius 2 is 1.62 bits per heavy atom. The van der Waals surface area contributed by atoms with E-state index in [9.17, 15) is 8.42 Å². The zero-order valence-electron chi connectivity index (χ0n) is 11.5. The van der Waals surface area contributed by atoms with Gasteiger partial charge in [-0.15, -0.1) is 0 Å². The van der Waals surface area contributed by atoms with E-state index in [0.717, 1.165) is 11.1 Å². The molecular formula is C17H16O3S. The molecule has 2 aromatic rings. The summed E-state index contributed by atoms with van der Waals surface area (Å²) in [5, 5.41) is 0. The van der Waals surface area contributed by atoms with E-state index in [1.807, 2.05) is 36.4 Å². The van der Waals surface area contributed by atoms with Crippen LogP contribution >= 0.6 is 0 Å². The third-order valence-corrected chi connectivity index (χ3v) is 4.13. The van der Waals surface area contributed by atoms with Gasteiger partial charge >= 0.3 is 0 Å². The van der Waals surface area contributed by atoms with E-state index in [1.54, 1.807) is 24.3 Å². The summed E-state index contributed by atoms with van der Waals surface area (Å²) in [5.41, 5.74) is 1.85. The molecule has 0 saturated carbocycles. The highest BCUT2D eigenvalue weighted by atomic mass is 32.2. The van der Waals surface area contributed by atoms with Crippen molar-refractivity contribution in [2.75, 3.05) is 6.61 Å². The summed E-state index contributed by atoms with van der Waals surface area (Å²) in [4.78, 5) is 0.140. The SMILES string of the molecule is C=Cc1ccc(S(=O)(=O)OCC=Cc2ccccc2)cc1. The summed E-state index contributed by atoms with van der Waals surface area (Å²) in [6.45, 7) is 3.62. The van der Waals surface area contributed by atoms with Crippen LogP contribution in [0.5, 0.6) is 0 Å². The average molecular weight is 300 g/mol. The summed E-state index contributed by atoms with van der Waals surface area (Å²) in [6, 6.07) is 16.0. The van der Waals surface area contributed by atoms with Crippen LogP contribution in [0.4, 0.5) is 0 Å². The molecule has 4 heteroatoms. The second-order valence-corrected chi connectivity index (χ2v) is 5.94. The van der Waals surface area contributed by atoms with E-state index in [2.05, 4.69) is 6.58 Å². The van der Waals surface area contributed by atoms with Crippen LogP contribution in [0.2, 0.25) is 0 Å². The van der Waals surface area contributed by atoms with Crippen molar-refractivity contribution in [1.29, 1.82) is 0 Å². The van der Waals surface area contributed by atoms with Crippen LogP contribution in [0, 0.1) is 0 Å². The molecule has 0 aliphatic rings. The second-order valence-electron chi connectivity index (χ2n) is 4.32. The quantitative estimate of drug-likeness (QED) is 0.763. The molecule has 0 saturated heterocycles. The van der Waals surface area contributed by atoms with Crippen molar-refractivity contribution in [2.45, 2.75) is 4.90 Å². The number of rotatable bonds is 6. The lowest BCUT2D eigenvalue weighted by Crippen LogP contribution is -2.06. The largest absolute Gasteiger partial charge is 0.297 e. The Bertz CT molecular complexity index is 714. The van der Waals surface area contributed by atoms with Crippen LogP contribution in [0.15, 0.2) is 72.1 Å². The molecule has 2 aromatic carbocycles. The maximum Gasteiger partial charge on any atom is 0.297 e. The zero-order valence-corrected chi connectivity index (χ0v) is 12.3. The molecule has 0 aromatic heterocycles.